The molecular weight excluding hydrogens is 477 g/mol. The number of hydrogen-bond donors (Lipinski definition) is 3. The van der Waals surface area contributed by atoms with Gasteiger partial charge in [-0.25, -0.2) is 9.07 Å². The summed E-state index contributed by atoms with van der Waals surface area (Å²) in [5, 5.41) is 7.27. The van der Waals surface area contributed by atoms with Gasteiger partial charge in [0, 0.05) is 6.54 Å². The summed E-state index contributed by atoms with van der Waals surface area (Å²) in [5.74, 6) is -0.289. The van der Waals surface area contributed by atoms with Crippen molar-refractivity contribution in [3.8, 4) is 5.69 Å². The maximum Gasteiger partial charge on any atom is 0.274 e. The van der Waals surface area contributed by atoms with Crippen molar-refractivity contribution in [3.63, 3.8) is 0 Å². The lowest BCUT2D eigenvalue weighted by Crippen LogP contribution is -2.38. The fraction of sp³-hybridized carbons (Fsp3) is 0.290. The summed E-state index contributed by atoms with van der Waals surface area (Å²) in [4.78, 5) is 13.4. The zero-order valence-corrected chi connectivity index (χ0v) is 21.9. The molecule has 0 spiro atoms. The standard InChI is InChI=1S/C31H34FN5O/c1-20-5-3-7-24(15-20)31(34,14-13-22-9-10-22)25-11-12-27(32)28(18-25)35-30(38)29-16-21(2)36-37(29)26-8-4-6-23(17-26)19-33/h3-8,11-12,15-18,22H,9-10,13-14,19,33-34H2,1-2H3,(H,35,38). The number of nitrogens with two attached hydrogens (primary N) is 2. The minimum atomic E-state index is -0.803. The third-order valence-electron chi connectivity index (χ3n) is 7.36. The minimum Gasteiger partial charge on any atom is -0.326 e. The molecule has 5 N–H and O–H groups in total. The molecule has 1 aliphatic carbocycles. The van der Waals surface area contributed by atoms with Crippen LogP contribution in [0.2, 0.25) is 0 Å². The second-order valence-corrected chi connectivity index (χ2v) is 10.4. The van der Waals surface area contributed by atoms with Gasteiger partial charge in [0.1, 0.15) is 11.5 Å². The predicted molar refractivity (Wildman–Crippen MR) is 149 cm³/mol. The van der Waals surface area contributed by atoms with Gasteiger partial charge < -0.3 is 16.8 Å². The van der Waals surface area contributed by atoms with Crippen LogP contribution in [0.4, 0.5) is 10.1 Å². The van der Waals surface area contributed by atoms with Crippen molar-refractivity contribution in [2.24, 2.45) is 17.4 Å². The Morgan fingerprint density at radius 2 is 1.82 bits per heavy atom. The Kier molecular flexibility index (Phi) is 7.15. The van der Waals surface area contributed by atoms with Gasteiger partial charge in [-0.2, -0.15) is 5.10 Å². The van der Waals surface area contributed by atoms with E-state index in [0.29, 0.717) is 29.5 Å². The maximum absolute atomic E-state index is 15.1. The number of rotatable bonds is 9. The van der Waals surface area contributed by atoms with E-state index >= 15 is 4.39 Å². The molecule has 3 aromatic carbocycles. The number of amides is 1. The number of hydrogen-bond acceptors (Lipinski definition) is 4. The molecule has 1 saturated carbocycles. The fourth-order valence-corrected chi connectivity index (χ4v) is 4.97. The Hall–Kier alpha value is -3.81. The van der Waals surface area contributed by atoms with Crippen molar-refractivity contribution in [3.05, 3.63) is 112 Å². The van der Waals surface area contributed by atoms with E-state index in [1.807, 2.05) is 56.3 Å². The number of anilines is 1. The lowest BCUT2D eigenvalue weighted by atomic mass is 9.79. The summed E-state index contributed by atoms with van der Waals surface area (Å²) in [6, 6.07) is 22.1. The number of nitrogens with zero attached hydrogens (tertiary/aromatic N) is 2. The predicted octanol–water partition coefficient (Wildman–Crippen LogP) is 5.73. The molecule has 4 aromatic rings. The molecule has 1 fully saturated rings. The zero-order chi connectivity index (χ0) is 26.9. The molecule has 196 valence electrons. The van der Waals surface area contributed by atoms with Crippen LogP contribution in [0.15, 0.2) is 72.8 Å². The van der Waals surface area contributed by atoms with Crippen LogP contribution in [-0.4, -0.2) is 15.7 Å². The summed E-state index contributed by atoms with van der Waals surface area (Å²) in [7, 11) is 0. The third-order valence-corrected chi connectivity index (χ3v) is 7.36. The molecule has 0 radical (unpaired) electrons. The van der Waals surface area contributed by atoms with Gasteiger partial charge in [-0.3, -0.25) is 4.79 Å². The third kappa shape index (κ3) is 5.39. The first-order valence-electron chi connectivity index (χ1n) is 13.1. The van der Waals surface area contributed by atoms with Gasteiger partial charge in [-0.15, -0.1) is 0 Å². The molecule has 1 aromatic heterocycles. The Balaban J connectivity index is 1.48. The Labute approximate surface area is 222 Å². The quantitative estimate of drug-likeness (QED) is 0.267. The van der Waals surface area contributed by atoms with Crippen LogP contribution in [0.5, 0.6) is 0 Å². The fourth-order valence-electron chi connectivity index (χ4n) is 4.97. The monoisotopic (exact) mass is 511 g/mol. The second kappa shape index (κ2) is 10.5. The van der Waals surface area contributed by atoms with E-state index in [1.165, 1.54) is 18.9 Å². The van der Waals surface area contributed by atoms with Crippen LogP contribution in [-0.2, 0) is 12.1 Å². The highest BCUT2D eigenvalue weighted by molar-refractivity contribution is 6.03. The number of benzene rings is 3. The highest BCUT2D eigenvalue weighted by Gasteiger charge is 2.33. The Bertz CT molecular complexity index is 1470. The topological polar surface area (TPSA) is 99.0 Å². The first-order valence-corrected chi connectivity index (χ1v) is 13.1. The van der Waals surface area contributed by atoms with E-state index in [9.17, 15) is 4.79 Å². The number of halogens is 1. The van der Waals surface area contributed by atoms with Crippen LogP contribution in [0, 0.1) is 25.6 Å². The molecule has 1 atom stereocenters. The van der Waals surface area contributed by atoms with Crippen LogP contribution < -0.4 is 16.8 Å². The summed E-state index contributed by atoms with van der Waals surface area (Å²) >= 11 is 0. The smallest absolute Gasteiger partial charge is 0.274 e. The number of nitrogens with one attached hydrogen (secondary N) is 1. The second-order valence-electron chi connectivity index (χ2n) is 10.4. The lowest BCUT2D eigenvalue weighted by Gasteiger charge is -2.32. The van der Waals surface area contributed by atoms with Gasteiger partial charge in [-0.05, 0) is 79.6 Å². The summed E-state index contributed by atoms with van der Waals surface area (Å²) in [6.45, 7) is 4.22. The van der Waals surface area contributed by atoms with Crippen molar-refractivity contribution in [2.45, 2.75) is 51.6 Å². The van der Waals surface area contributed by atoms with Crippen molar-refractivity contribution in [2.75, 3.05) is 5.32 Å². The molecule has 0 aliphatic heterocycles. The van der Waals surface area contributed by atoms with E-state index in [4.69, 9.17) is 11.5 Å². The highest BCUT2D eigenvalue weighted by Crippen LogP contribution is 2.40. The Morgan fingerprint density at radius 3 is 2.55 bits per heavy atom. The summed E-state index contributed by atoms with van der Waals surface area (Å²) < 4.78 is 16.6. The van der Waals surface area contributed by atoms with Crippen molar-refractivity contribution in [1.29, 1.82) is 0 Å². The van der Waals surface area contributed by atoms with Gasteiger partial charge in [-0.1, -0.05) is 60.9 Å². The Morgan fingerprint density at radius 1 is 1.05 bits per heavy atom. The SMILES string of the molecule is Cc1cccc(C(N)(CCC2CC2)c2ccc(F)c(NC(=O)c3cc(C)nn3-c3cccc(CN)c3)c2)c1. The van der Waals surface area contributed by atoms with E-state index in [1.54, 1.807) is 22.9 Å². The largest absolute Gasteiger partial charge is 0.326 e. The number of aromatic nitrogens is 2. The normalized spacial score (nSPS) is 14.8. The number of carbonyl (C=O) groups is 1. The van der Waals surface area contributed by atoms with E-state index in [-0.39, 0.29) is 5.69 Å². The summed E-state index contributed by atoms with van der Waals surface area (Å²) in [5.41, 5.74) is 17.7. The molecule has 0 bridgehead atoms. The molecule has 0 saturated heterocycles. The molecule has 6 nitrogen and oxygen atoms in total. The average molecular weight is 512 g/mol. The van der Waals surface area contributed by atoms with Gasteiger partial charge in [0.25, 0.3) is 5.91 Å². The molecule has 1 amide bonds. The van der Waals surface area contributed by atoms with Crippen LogP contribution in [0.3, 0.4) is 0 Å². The molecule has 38 heavy (non-hydrogen) atoms. The van der Waals surface area contributed by atoms with Crippen molar-refractivity contribution < 1.29 is 9.18 Å². The van der Waals surface area contributed by atoms with Crippen LogP contribution in [0.1, 0.15) is 64.1 Å². The van der Waals surface area contributed by atoms with Crippen LogP contribution in [0.25, 0.3) is 5.69 Å². The molecule has 1 aliphatic rings. The molecule has 7 heteroatoms. The first kappa shape index (κ1) is 25.8. The van der Waals surface area contributed by atoms with Gasteiger partial charge in [0.2, 0.25) is 0 Å². The van der Waals surface area contributed by atoms with Gasteiger partial charge in [0.05, 0.1) is 22.6 Å². The molecule has 1 unspecified atom stereocenters. The van der Waals surface area contributed by atoms with E-state index < -0.39 is 17.3 Å². The van der Waals surface area contributed by atoms with Crippen molar-refractivity contribution in [1.82, 2.24) is 9.78 Å². The van der Waals surface area contributed by atoms with E-state index in [2.05, 4.69) is 16.5 Å². The average Bonchev–Trinajstić information content (AvgIpc) is 3.67. The first-order chi connectivity index (χ1) is 18.3. The number of aryl methyl sites for hydroxylation is 2. The van der Waals surface area contributed by atoms with Crippen LogP contribution >= 0.6 is 0 Å². The number of carbonyl (C=O) groups excluding carboxylic acids is 1. The molecule has 5 rings (SSSR count). The molecule has 1 heterocycles. The highest BCUT2D eigenvalue weighted by atomic mass is 19.1. The van der Waals surface area contributed by atoms with Gasteiger partial charge >= 0.3 is 0 Å². The lowest BCUT2D eigenvalue weighted by molar-refractivity contribution is 0.101. The summed E-state index contributed by atoms with van der Waals surface area (Å²) in [6.07, 6.45) is 4.21. The van der Waals surface area contributed by atoms with E-state index in [0.717, 1.165) is 35.1 Å². The maximum atomic E-state index is 15.1. The van der Waals surface area contributed by atoms with Gasteiger partial charge in [0.15, 0.2) is 0 Å². The molecular formula is C31H34FN5O. The minimum absolute atomic E-state index is 0.0857. The van der Waals surface area contributed by atoms with Crippen molar-refractivity contribution >= 4 is 11.6 Å². The zero-order valence-electron chi connectivity index (χ0n) is 21.9.